The summed E-state index contributed by atoms with van der Waals surface area (Å²) in [6.07, 6.45) is 13.8. The van der Waals surface area contributed by atoms with E-state index in [1.165, 1.54) is 49.7 Å². The second-order valence-electron chi connectivity index (χ2n) is 10.2. The minimum atomic E-state index is -0.346. The van der Waals surface area contributed by atoms with Crippen LogP contribution in [0.15, 0.2) is 42.5 Å². The van der Waals surface area contributed by atoms with Gasteiger partial charge in [0.05, 0.1) is 12.7 Å². The molecule has 2 aromatic carbocycles. The van der Waals surface area contributed by atoms with Gasteiger partial charge in [0.15, 0.2) is 0 Å². The van der Waals surface area contributed by atoms with Gasteiger partial charge in [-0.3, -0.25) is 4.79 Å². The Balaban J connectivity index is 1.19. The first-order valence-electron chi connectivity index (χ1n) is 13.0. The molecule has 5 heteroatoms. The quantitative estimate of drug-likeness (QED) is 0.566. The summed E-state index contributed by atoms with van der Waals surface area (Å²) in [5.41, 5.74) is 1.44. The van der Waals surface area contributed by atoms with Gasteiger partial charge < -0.3 is 14.4 Å². The first-order chi connectivity index (χ1) is 17.1. The molecular formula is C30H35NO4. The topological polar surface area (TPSA) is 55.8 Å². The Morgan fingerprint density at radius 1 is 1.03 bits per heavy atom. The summed E-state index contributed by atoms with van der Waals surface area (Å²) < 4.78 is 10.8. The van der Waals surface area contributed by atoms with E-state index in [4.69, 9.17) is 9.47 Å². The molecule has 1 saturated heterocycles. The van der Waals surface area contributed by atoms with Crippen molar-refractivity contribution in [1.82, 2.24) is 4.90 Å². The van der Waals surface area contributed by atoms with Gasteiger partial charge in [0, 0.05) is 18.5 Å². The molecule has 0 bridgehead atoms. The molecule has 0 spiro atoms. The fourth-order valence-corrected chi connectivity index (χ4v) is 5.91. The van der Waals surface area contributed by atoms with Gasteiger partial charge in [0.1, 0.15) is 12.4 Å². The Kier molecular flexibility index (Phi) is 7.21. The molecule has 1 amide bonds. The molecule has 1 aliphatic heterocycles. The van der Waals surface area contributed by atoms with Crippen molar-refractivity contribution in [2.24, 2.45) is 11.8 Å². The van der Waals surface area contributed by atoms with E-state index in [-0.39, 0.29) is 11.9 Å². The highest BCUT2D eigenvalue weighted by Gasteiger charge is 2.36. The maximum Gasteiger partial charge on any atom is 0.337 e. The third-order valence-electron chi connectivity index (χ3n) is 7.82. The predicted octanol–water partition coefficient (Wildman–Crippen LogP) is 4.20. The average molecular weight is 474 g/mol. The van der Waals surface area contributed by atoms with Gasteiger partial charge in [-0.15, -0.1) is 0 Å². The Morgan fingerprint density at radius 3 is 2.71 bits per heavy atom. The number of hydrogen-bond donors (Lipinski definition) is 0. The molecule has 5 rings (SSSR count). The van der Waals surface area contributed by atoms with Crippen LogP contribution in [-0.2, 0) is 16.1 Å². The molecular weight excluding hydrogens is 438 g/mol. The van der Waals surface area contributed by atoms with Crippen molar-refractivity contribution in [2.75, 3.05) is 13.7 Å². The first kappa shape index (κ1) is 23.7. The molecule has 2 aromatic rings. The summed E-state index contributed by atoms with van der Waals surface area (Å²) in [7, 11) is 1.38. The van der Waals surface area contributed by atoms with E-state index in [1.807, 2.05) is 18.2 Å². The van der Waals surface area contributed by atoms with Crippen molar-refractivity contribution in [3.05, 3.63) is 64.0 Å². The average Bonchev–Trinajstić information content (AvgIpc) is 3.27. The zero-order chi connectivity index (χ0) is 24.2. The van der Waals surface area contributed by atoms with E-state index >= 15 is 0 Å². The molecule has 1 heterocycles. The van der Waals surface area contributed by atoms with Crippen LogP contribution in [0.1, 0.15) is 67.3 Å². The minimum absolute atomic E-state index is 0.177. The van der Waals surface area contributed by atoms with E-state index in [1.54, 1.807) is 12.1 Å². The summed E-state index contributed by atoms with van der Waals surface area (Å²) >= 11 is 0. The molecule has 2 aliphatic carbocycles. The molecule has 3 aliphatic rings. The lowest BCUT2D eigenvalue weighted by molar-refractivity contribution is -0.133. The largest absolute Gasteiger partial charge is 0.489 e. The Hall–Kier alpha value is -3.08. The van der Waals surface area contributed by atoms with Gasteiger partial charge in [-0.2, -0.15) is 0 Å². The first-order valence-corrected chi connectivity index (χ1v) is 13.0. The number of nitrogens with zero attached hydrogens (tertiary/aromatic N) is 1. The molecule has 2 fully saturated rings. The summed E-state index contributed by atoms with van der Waals surface area (Å²) in [5, 5.41) is 2.40. The van der Waals surface area contributed by atoms with Crippen LogP contribution in [0, 0.1) is 11.8 Å². The molecule has 35 heavy (non-hydrogen) atoms. The number of carbonyl (C=O) groups is 2. The highest BCUT2D eigenvalue weighted by molar-refractivity contribution is 5.89. The molecule has 2 unspecified atom stereocenters. The van der Waals surface area contributed by atoms with Crippen molar-refractivity contribution >= 4 is 24.0 Å². The van der Waals surface area contributed by atoms with E-state index in [0.29, 0.717) is 30.0 Å². The summed E-state index contributed by atoms with van der Waals surface area (Å²) in [6, 6.07) is 14.0. The third-order valence-corrected chi connectivity index (χ3v) is 7.82. The SMILES string of the molecule is COC(=O)c1cccc(COc2ccc3c(c2)=CCC(CC2CCN(C4CCCCC4)C2=O)C=3)c1. The second-order valence-corrected chi connectivity index (χ2v) is 10.2. The van der Waals surface area contributed by atoms with Gasteiger partial charge >= 0.3 is 5.97 Å². The van der Waals surface area contributed by atoms with Gasteiger partial charge in [0.25, 0.3) is 0 Å². The zero-order valence-corrected chi connectivity index (χ0v) is 20.6. The number of benzene rings is 2. The van der Waals surface area contributed by atoms with Gasteiger partial charge in [-0.05, 0) is 78.3 Å². The van der Waals surface area contributed by atoms with Crippen LogP contribution in [0.3, 0.4) is 0 Å². The van der Waals surface area contributed by atoms with Crippen molar-refractivity contribution in [1.29, 1.82) is 0 Å². The van der Waals surface area contributed by atoms with Crippen LogP contribution < -0.4 is 15.2 Å². The Labute approximate surface area is 207 Å². The smallest absolute Gasteiger partial charge is 0.337 e. The lowest BCUT2D eigenvalue weighted by Gasteiger charge is -2.31. The number of esters is 1. The molecule has 0 N–H and O–H groups in total. The van der Waals surface area contributed by atoms with E-state index in [2.05, 4.69) is 29.2 Å². The lowest BCUT2D eigenvalue weighted by Crippen LogP contribution is -2.39. The monoisotopic (exact) mass is 473 g/mol. The fraction of sp³-hybridized carbons (Fsp3) is 0.467. The highest BCUT2D eigenvalue weighted by atomic mass is 16.5. The van der Waals surface area contributed by atoms with E-state index in [0.717, 1.165) is 37.1 Å². The van der Waals surface area contributed by atoms with Crippen LogP contribution in [0.4, 0.5) is 0 Å². The molecule has 0 aromatic heterocycles. The highest BCUT2D eigenvalue weighted by Crippen LogP contribution is 2.32. The summed E-state index contributed by atoms with van der Waals surface area (Å²) in [5.74, 6) is 1.45. The molecule has 5 nitrogen and oxygen atoms in total. The van der Waals surface area contributed by atoms with E-state index < -0.39 is 0 Å². The van der Waals surface area contributed by atoms with Crippen molar-refractivity contribution < 1.29 is 19.1 Å². The van der Waals surface area contributed by atoms with Crippen LogP contribution in [-0.4, -0.2) is 36.5 Å². The lowest BCUT2D eigenvalue weighted by atomic mass is 9.87. The molecule has 0 radical (unpaired) electrons. The standard InChI is InChI=1S/C30H35NO4/c1-34-30(33)26-7-5-6-22(18-26)20-35-28-13-12-23-16-21(10-11-24(23)19-28)17-25-14-15-31(29(25)32)27-8-3-2-4-9-27/h5-7,11-13,16,18-19,21,25,27H,2-4,8-10,14-15,17,20H2,1H3. The fourth-order valence-electron chi connectivity index (χ4n) is 5.91. The molecule has 184 valence electrons. The second kappa shape index (κ2) is 10.7. The van der Waals surface area contributed by atoms with Crippen molar-refractivity contribution in [3.63, 3.8) is 0 Å². The number of ether oxygens (including phenoxy) is 2. The number of amides is 1. The van der Waals surface area contributed by atoms with Crippen LogP contribution in [0.25, 0.3) is 12.2 Å². The number of rotatable bonds is 7. The Bertz CT molecular complexity index is 1200. The van der Waals surface area contributed by atoms with Crippen LogP contribution >= 0.6 is 0 Å². The zero-order valence-electron chi connectivity index (χ0n) is 20.6. The summed E-state index contributed by atoms with van der Waals surface area (Å²) in [4.78, 5) is 27.0. The van der Waals surface area contributed by atoms with E-state index in [9.17, 15) is 9.59 Å². The van der Waals surface area contributed by atoms with Gasteiger partial charge in [0.2, 0.25) is 5.91 Å². The number of hydrogen-bond acceptors (Lipinski definition) is 4. The van der Waals surface area contributed by atoms with Crippen molar-refractivity contribution in [3.8, 4) is 5.75 Å². The van der Waals surface area contributed by atoms with Gasteiger partial charge in [-0.25, -0.2) is 4.79 Å². The predicted molar refractivity (Wildman–Crippen MR) is 136 cm³/mol. The Morgan fingerprint density at radius 2 is 1.89 bits per heavy atom. The van der Waals surface area contributed by atoms with Gasteiger partial charge in [-0.1, -0.05) is 49.6 Å². The number of fused-ring (bicyclic) bond motifs is 1. The summed E-state index contributed by atoms with van der Waals surface area (Å²) in [6.45, 7) is 1.33. The van der Waals surface area contributed by atoms with Crippen molar-refractivity contribution in [2.45, 2.75) is 64.0 Å². The minimum Gasteiger partial charge on any atom is -0.489 e. The van der Waals surface area contributed by atoms with Crippen LogP contribution in [0.5, 0.6) is 5.75 Å². The normalized spacial score (nSPS) is 22.2. The maximum atomic E-state index is 13.1. The molecule has 1 saturated carbocycles. The number of carbonyl (C=O) groups excluding carboxylic acids is 2. The molecule has 2 atom stereocenters. The number of methoxy groups -OCH3 is 1. The number of likely N-dealkylation sites (tertiary alicyclic amines) is 1. The third kappa shape index (κ3) is 5.44. The van der Waals surface area contributed by atoms with Crippen LogP contribution in [0.2, 0.25) is 0 Å². The maximum absolute atomic E-state index is 13.1.